The first-order valence-corrected chi connectivity index (χ1v) is 8.81. The number of rotatable bonds is 6. The number of aromatic nitrogens is 3. The number of thiazole rings is 1. The number of nitrogens with zero attached hydrogens (tertiary/aromatic N) is 3. The Morgan fingerprint density at radius 3 is 2.80 bits per heavy atom. The van der Waals surface area contributed by atoms with Crippen molar-refractivity contribution >= 4 is 17.2 Å². The van der Waals surface area contributed by atoms with Crippen molar-refractivity contribution in [3.8, 4) is 5.75 Å². The van der Waals surface area contributed by atoms with Gasteiger partial charge in [0.1, 0.15) is 22.5 Å². The molecule has 130 valence electrons. The van der Waals surface area contributed by atoms with Gasteiger partial charge in [-0.25, -0.2) is 9.97 Å². The van der Waals surface area contributed by atoms with Crippen LogP contribution in [0.2, 0.25) is 0 Å². The summed E-state index contributed by atoms with van der Waals surface area (Å²) in [5, 5.41) is 4.01. The molecule has 3 rings (SSSR count). The van der Waals surface area contributed by atoms with Crippen molar-refractivity contribution in [1.29, 1.82) is 0 Å². The summed E-state index contributed by atoms with van der Waals surface area (Å²) in [6.07, 6.45) is 6.00. The van der Waals surface area contributed by atoms with Gasteiger partial charge in [0.05, 0.1) is 18.3 Å². The summed E-state index contributed by atoms with van der Waals surface area (Å²) >= 11 is 1.41. The molecule has 2 heterocycles. The van der Waals surface area contributed by atoms with Crippen LogP contribution in [-0.2, 0) is 13.5 Å². The van der Waals surface area contributed by atoms with E-state index in [2.05, 4.69) is 15.3 Å². The van der Waals surface area contributed by atoms with E-state index in [4.69, 9.17) is 4.74 Å². The fraction of sp³-hybridized carbons (Fsp3) is 0.278. The second kappa shape index (κ2) is 7.48. The number of imidazole rings is 1. The molecule has 1 unspecified atom stereocenters. The molecule has 0 aliphatic rings. The Morgan fingerprint density at radius 1 is 1.36 bits per heavy atom. The number of benzene rings is 1. The normalized spacial score (nSPS) is 12.0. The molecule has 2 aromatic heterocycles. The van der Waals surface area contributed by atoms with Crippen LogP contribution in [0.15, 0.2) is 42.9 Å². The Hall–Kier alpha value is -2.67. The van der Waals surface area contributed by atoms with E-state index in [-0.39, 0.29) is 5.91 Å². The molecule has 1 aromatic carbocycles. The SMILES string of the molecule is CCc1ncc(C(=O)NC(c2ccccc2OC)c2nccn2C)s1. The van der Waals surface area contributed by atoms with Gasteiger partial charge in [-0.05, 0) is 12.5 Å². The van der Waals surface area contributed by atoms with E-state index in [0.29, 0.717) is 10.6 Å². The van der Waals surface area contributed by atoms with Crippen LogP contribution in [0, 0.1) is 0 Å². The van der Waals surface area contributed by atoms with Crippen molar-refractivity contribution < 1.29 is 9.53 Å². The lowest BCUT2D eigenvalue weighted by atomic mass is 10.0. The van der Waals surface area contributed by atoms with Gasteiger partial charge in [-0.1, -0.05) is 25.1 Å². The van der Waals surface area contributed by atoms with E-state index in [1.54, 1.807) is 19.5 Å². The number of amides is 1. The zero-order chi connectivity index (χ0) is 17.8. The van der Waals surface area contributed by atoms with Crippen LogP contribution in [0.4, 0.5) is 0 Å². The lowest BCUT2D eigenvalue weighted by Gasteiger charge is -2.20. The number of methoxy groups -OCH3 is 1. The van der Waals surface area contributed by atoms with Crippen LogP contribution < -0.4 is 10.1 Å². The van der Waals surface area contributed by atoms with Crippen molar-refractivity contribution in [2.24, 2.45) is 7.05 Å². The monoisotopic (exact) mass is 356 g/mol. The van der Waals surface area contributed by atoms with E-state index < -0.39 is 6.04 Å². The third kappa shape index (κ3) is 3.56. The van der Waals surface area contributed by atoms with E-state index in [9.17, 15) is 4.79 Å². The molecular weight excluding hydrogens is 336 g/mol. The van der Waals surface area contributed by atoms with Crippen molar-refractivity contribution in [3.63, 3.8) is 0 Å². The number of carbonyl (C=O) groups excluding carboxylic acids is 1. The third-order valence-electron chi connectivity index (χ3n) is 3.92. The van der Waals surface area contributed by atoms with Gasteiger partial charge < -0.3 is 14.6 Å². The molecule has 1 amide bonds. The summed E-state index contributed by atoms with van der Waals surface area (Å²) in [5.41, 5.74) is 0.855. The van der Waals surface area contributed by atoms with Gasteiger partial charge in [0, 0.05) is 25.0 Å². The third-order valence-corrected chi connectivity index (χ3v) is 5.06. The molecule has 6 nitrogen and oxygen atoms in total. The summed E-state index contributed by atoms with van der Waals surface area (Å²) in [5.74, 6) is 1.27. The number of nitrogens with one attached hydrogen (secondary N) is 1. The zero-order valence-electron chi connectivity index (χ0n) is 14.4. The van der Waals surface area contributed by atoms with Gasteiger partial charge in [-0.2, -0.15) is 0 Å². The van der Waals surface area contributed by atoms with Crippen LogP contribution >= 0.6 is 11.3 Å². The van der Waals surface area contributed by atoms with Crippen LogP contribution in [0.1, 0.15) is 39.0 Å². The predicted molar refractivity (Wildman–Crippen MR) is 97.0 cm³/mol. The number of hydrogen-bond acceptors (Lipinski definition) is 5. The van der Waals surface area contributed by atoms with Crippen molar-refractivity contribution in [3.05, 3.63) is 64.1 Å². The molecule has 1 N–H and O–H groups in total. The molecule has 0 spiro atoms. The number of aryl methyl sites for hydroxylation is 2. The highest BCUT2D eigenvalue weighted by atomic mass is 32.1. The molecular formula is C18H20N4O2S. The topological polar surface area (TPSA) is 69.0 Å². The van der Waals surface area contributed by atoms with Gasteiger partial charge in [0.2, 0.25) is 0 Å². The van der Waals surface area contributed by atoms with Gasteiger partial charge in [0.25, 0.3) is 5.91 Å². The van der Waals surface area contributed by atoms with Crippen LogP contribution in [0.3, 0.4) is 0 Å². The highest BCUT2D eigenvalue weighted by molar-refractivity contribution is 7.13. The largest absolute Gasteiger partial charge is 0.496 e. The van der Waals surface area contributed by atoms with Crippen LogP contribution in [-0.4, -0.2) is 27.6 Å². The van der Waals surface area contributed by atoms with Crippen molar-refractivity contribution in [2.45, 2.75) is 19.4 Å². The van der Waals surface area contributed by atoms with Gasteiger partial charge in [0.15, 0.2) is 0 Å². The molecule has 25 heavy (non-hydrogen) atoms. The first-order chi connectivity index (χ1) is 12.1. The summed E-state index contributed by atoms with van der Waals surface area (Å²) < 4.78 is 7.37. The molecule has 0 saturated carbocycles. The maximum Gasteiger partial charge on any atom is 0.263 e. The van der Waals surface area contributed by atoms with Gasteiger partial charge in [-0.15, -0.1) is 11.3 Å². The van der Waals surface area contributed by atoms with E-state index in [0.717, 1.165) is 22.8 Å². The Balaban J connectivity index is 1.97. The predicted octanol–water partition coefficient (Wildman–Crippen LogP) is 2.97. The fourth-order valence-electron chi connectivity index (χ4n) is 2.62. The summed E-state index contributed by atoms with van der Waals surface area (Å²) in [6.45, 7) is 2.02. The zero-order valence-corrected chi connectivity index (χ0v) is 15.2. The lowest BCUT2D eigenvalue weighted by Crippen LogP contribution is -2.31. The Kier molecular flexibility index (Phi) is 5.14. The molecule has 1 atom stereocenters. The van der Waals surface area contributed by atoms with E-state index >= 15 is 0 Å². The maximum absolute atomic E-state index is 12.7. The number of para-hydroxylation sites is 1. The summed E-state index contributed by atoms with van der Waals surface area (Å²) in [6, 6.07) is 7.20. The highest BCUT2D eigenvalue weighted by Crippen LogP contribution is 2.29. The first kappa shape index (κ1) is 17.2. The molecule has 0 fully saturated rings. The Bertz CT molecular complexity index is 871. The molecule has 0 saturated heterocycles. The second-order valence-electron chi connectivity index (χ2n) is 5.52. The minimum Gasteiger partial charge on any atom is -0.496 e. The number of carbonyl (C=O) groups is 1. The highest BCUT2D eigenvalue weighted by Gasteiger charge is 2.25. The average molecular weight is 356 g/mol. The molecule has 7 heteroatoms. The van der Waals surface area contributed by atoms with E-state index in [1.165, 1.54) is 11.3 Å². The second-order valence-corrected chi connectivity index (χ2v) is 6.63. The smallest absolute Gasteiger partial charge is 0.263 e. The van der Waals surface area contributed by atoms with Gasteiger partial charge in [-0.3, -0.25) is 4.79 Å². The Labute approximate surface area is 150 Å². The first-order valence-electron chi connectivity index (χ1n) is 7.99. The summed E-state index contributed by atoms with van der Waals surface area (Å²) in [7, 11) is 3.52. The molecule has 0 bridgehead atoms. The number of hydrogen-bond donors (Lipinski definition) is 1. The lowest BCUT2D eigenvalue weighted by molar-refractivity contribution is 0.0944. The fourth-order valence-corrected chi connectivity index (χ4v) is 3.38. The molecule has 0 aliphatic carbocycles. The van der Waals surface area contributed by atoms with Crippen molar-refractivity contribution in [1.82, 2.24) is 19.9 Å². The van der Waals surface area contributed by atoms with Crippen LogP contribution in [0.25, 0.3) is 0 Å². The minimum atomic E-state index is -0.421. The average Bonchev–Trinajstić information content (AvgIpc) is 3.28. The molecule has 0 radical (unpaired) electrons. The summed E-state index contributed by atoms with van der Waals surface area (Å²) in [4.78, 5) is 22.0. The standard InChI is InChI=1S/C18H20N4O2S/c1-4-15-20-11-14(25-15)18(23)21-16(17-19-9-10-22(17)2)12-7-5-6-8-13(12)24-3/h5-11,16H,4H2,1-3H3,(H,21,23). The Morgan fingerprint density at radius 2 is 2.16 bits per heavy atom. The minimum absolute atomic E-state index is 0.170. The van der Waals surface area contributed by atoms with Crippen LogP contribution in [0.5, 0.6) is 5.75 Å². The maximum atomic E-state index is 12.7. The molecule has 0 aliphatic heterocycles. The van der Waals surface area contributed by atoms with E-state index in [1.807, 2.05) is 49.0 Å². The van der Waals surface area contributed by atoms with Gasteiger partial charge >= 0.3 is 0 Å². The number of ether oxygens (including phenoxy) is 1. The van der Waals surface area contributed by atoms with Crippen molar-refractivity contribution in [2.75, 3.05) is 7.11 Å². The molecule has 3 aromatic rings. The quantitative estimate of drug-likeness (QED) is 0.737.